The van der Waals surface area contributed by atoms with Gasteiger partial charge < -0.3 is 9.84 Å². The summed E-state index contributed by atoms with van der Waals surface area (Å²) in [6.45, 7) is 2.05. The van der Waals surface area contributed by atoms with Gasteiger partial charge in [-0.2, -0.15) is 0 Å². The molecule has 17 heavy (non-hydrogen) atoms. The minimum absolute atomic E-state index is 0.0144. The van der Waals surface area contributed by atoms with E-state index in [2.05, 4.69) is 4.98 Å². The average molecular weight is 253 g/mol. The molecule has 0 bridgehead atoms. The van der Waals surface area contributed by atoms with E-state index in [-0.39, 0.29) is 12.2 Å². The predicted octanol–water partition coefficient (Wildman–Crippen LogP) is 2.96. The van der Waals surface area contributed by atoms with Gasteiger partial charge in [0.15, 0.2) is 0 Å². The summed E-state index contributed by atoms with van der Waals surface area (Å²) in [6, 6.07) is 0. The highest BCUT2D eigenvalue weighted by atomic mass is 32.1. The van der Waals surface area contributed by atoms with Crippen molar-refractivity contribution < 1.29 is 14.6 Å². The predicted molar refractivity (Wildman–Crippen MR) is 63.6 cm³/mol. The largest absolute Gasteiger partial charge is 0.477 e. The van der Waals surface area contributed by atoms with E-state index < -0.39 is 5.97 Å². The Morgan fingerprint density at radius 3 is 2.71 bits per heavy atom. The van der Waals surface area contributed by atoms with Gasteiger partial charge in [0.1, 0.15) is 16.0 Å². The molecule has 0 aromatic carbocycles. The van der Waals surface area contributed by atoms with E-state index in [1.54, 1.807) is 0 Å². The molecule has 2 aliphatic rings. The molecular weight excluding hydrogens is 238 g/mol. The third kappa shape index (κ3) is 2.09. The summed E-state index contributed by atoms with van der Waals surface area (Å²) in [5.74, 6) is -0.466. The zero-order chi connectivity index (χ0) is 12.0. The van der Waals surface area contributed by atoms with Crippen LogP contribution >= 0.6 is 11.3 Å². The second-order valence-corrected chi connectivity index (χ2v) is 5.89. The van der Waals surface area contributed by atoms with Crippen LogP contribution in [0.2, 0.25) is 0 Å². The first kappa shape index (κ1) is 11.2. The van der Waals surface area contributed by atoms with Crippen molar-refractivity contribution in [1.82, 2.24) is 4.98 Å². The molecule has 92 valence electrons. The van der Waals surface area contributed by atoms with Gasteiger partial charge in [-0.3, -0.25) is 0 Å². The normalized spacial score (nSPS) is 28.5. The van der Waals surface area contributed by atoms with Crippen LogP contribution in [0.1, 0.15) is 65.0 Å². The lowest BCUT2D eigenvalue weighted by molar-refractivity contribution is 0.0553. The van der Waals surface area contributed by atoms with Crippen molar-refractivity contribution in [1.29, 1.82) is 0 Å². The molecule has 1 saturated heterocycles. The van der Waals surface area contributed by atoms with E-state index in [1.807, 2.05) is 6.92 Å². The zero-order valence-corrected chi connectivity index (χ0v) is 10.5. The topological polar surface area (TPSA) is 59.4 Å². The highest BCUT2D eigenvalue weighted by Gasteiger charge is 2.34. The molecule has 4 nitrogen and oxygen atoms in total. The average Bonchev–Trinajstić information content (AvgIpc) is 2.87. The molecule has 1 aromatic heterocycles. The molecule has 1 saturated carbocycles. The fourth-order valence-electron chi connectivity index (χ4n) is 2.26. The quantitative estimate of drug-likeness (QED) is 0.899. The summed E-state index contributed by atoms with van der Waals surface area (Å²) < 4.78 is 5.75. The van der Waals surface area contributed by atoms with Gasteiger partial charge in [0.25, 0.3) is 0 Å². The van der Waals surface area contributed by atoms with Crippen molar-refractivity contribution in [3.63, 3.8) is 0 Å². The molecule has 2 unspecified atom stereocenters. The molecule has 2 heterocycles. The Kier molecular flexibility index (Phi) is 2.67. The third-order valence-corrected chi connectivity index (χ3v) is 4.49. The van der Waals surface area contributed by atoms with Crippen LogP contribution < -0.4 is 0 Å². The Bertz CT molecular complexity index is 453. The summed E-state index contributed by atoms with van der Waals surface area (Å²) in [6.07, 6.45) is 4.42. The fourth-order valence-corrected chi connectivity index (χ4v) is 3.32. The second kappa shape index (κ2) is 4.07. The number of hydrogen-bond donors (Lipinski definition) is 1. The van der Waals surface area contributed by atoms with Gasteiger partial charge in [-0.1, -0.05) is 0 Å². The van der Waals surface area contributed by atoms with Gasteiger partial charge in [-0.25, -0.2) is 9.78 Å². The Morgan fingerprint density at radius 1 is 1.41 bits per heavy atom. The van der Waals surface area contributed by atoms with Gasteiger partial charge in [0.2, 0.25) is 0 Å². The summed E-state index contributed by atoms with van der Waals surface area (Å²) in [7, 11) is 0. The molecule has 0 radical (unpaired) electrons. The fraction of sp³-hybridized carbons (Fsp3) is 0.667. The minimum atomic E-state index is -0.846. The zero-order valence-electron chi connectivity index (χ0n) is 9.68. The highest BCUT2D eigenvalue weighted by Crippen LogP contribution is 2.45. The number of rotatable bonds is 3. The number of hydrogen-bond acceptors (Lipinski definition) is 4. The summed E-state index contributed by atoms with van der Waals surface area (Å²) in [4.78, 5) is 16.1. The maximum atomic E-state index is 11.2. The van der Waals surface area contributed by atoms with Gasteiger partial charge in [0, 0.05) is 5.92 Å². The Hall–Kier alpha value is -0.940. The molecule has 2 atom stereocenters. The van der Waals surface area contributed by atoms with E-state index >= 15 is 0 Å². The van der Waals surface area contributed by atoms with Crippen LogP contribution in [0.15, 0.2) is 0 Å². The van der Waals surface area contributed by atoms with Crippen LogP contribution in [0.25, 0.3) is 0 Å². The highest BCUT2D eigenvalue weighted by molar-refractivity contribution is 7.13. The lowest BCUT2D eigenvalue weighted by Crippen LogP contribution is -2.00. The van der Waals surface area contributed by atoms with Crippen LogP contribution in [-0.4, -0.2) is 22.2 Å². The van der Waals surface area contributed by atoms with Crippen molar-refractivity contribution in [2.75, 3.05) is 0 Å². The van der Waals surface area contributed by atoms with Crippen molar-refractivity contribution in [3.8, 4) is 0 Å². The Balaban J connectivity index is 1.90. The number of aromatic carboxylic acids is 1. The molecule has 5 heteroatoms. The van der Waals surface area contributed by atoms with E-state index in [0.717, 1.165) is 36.4 Å². The number of nitrogens with zero attached hydrogens (tertiary/aromatic N) is 1. The Labute approximate surface area is 104 Å². The van der Waals surface area contributed by atoms with Crippen LogP contribution in [0.5, 0.6) is 0 Å². The van der Waals surface area contributed by atoms with Gasteiger partial charge >= 0.3 is 5.97 Å². The van der Waals surface area contributed by atoms with Crippen LogP contribution in [0.4, 0.5) is 0 Å². The molecule has 0 spiro atoms. The van der Waals surface area contributed by atoms with Crippen LogP contribution in [-0.2, 0) is 4.74 Å². The third-order valence-electron chi connectivity index (χ3n) is 3.34. The molecule has 1 aliphatic heterocycles. The van der Waals surface area contributed by atoms with Crippen molar-refractivity contribution >= 4 is 17.3 Å². The maximum Gasteiger partial charge on any atom is 0.347 e. The summed E-state index contributed by atoms with van der Waals surface area (Å²) in [5, 5.41) is 10.0. The van der Waals surface area contributed by atoms with Gasteiger partial charge in [-0.05, 0) is 32.6 Å². The van der Waals surface area contributed by atoms with Crippen LogP contribution in [0, 0.1) is 0 Å². The van der Waals surface area contributed by atoms with Crippen molar-refractivity contribution in [2.45, 2.75) is 50.7 Å². The van der Waals surface area contributed by atoms with Crippen molar-refractivity contribution in [2.24, 2.45) is 0 Å². The number of thiazole rings is 1. The molecule has 1 N–H and O–H groups in total. The molecule has 1 aliphatic carbocycles. The number of ether oxygens (including phenoxy) is 1. The molecule has 3 rings (SSSR count). The molecule has 2 fully saturated rings. The minimum Gasteiger partial charge on any atom is -0.477 e. The molecule has 1 aromatic rings. The number of carboxylic acids is 1. The maximum absolute atomic E-state index is 11.2. The molecular formula is C12H15NO3S. The van der Waals surface area contributed by atoms with Crippen molar-refractivity contribution in [3.05, 3.63) is 15.6 Å². The lowest BCUT2D eigenvalue weighted by atomic mass is 10.2. The number of carbonyl (C=O) groups is 1. The summed E-state index contributed by atoms with van der Waals surface area (Å²) >= 11 is 1.30. The smallest absolute Gasteiger partial charge is 0.347 e. The standard InChI is InChI=1S/C12H15NO3S/c1-6-2-5-8(16-6)11-13-9(7-3-4-7)10(17-11)12(14)15/h6-8H,2-5H2,1H3,(H,14,15). The van der Waals surface area contributed by atoms with E-state index in [9.17, 15) is 9.90 Å². The van der Waals surface area contributed by atoms with E-state index in [1.165, 1.54) is 11.3 Å². The number of carboxylic acid groups (broad SMARTS) is 1. The van der Waals surface area contributed by atoms with Gasteiger partial charge in [-0.15, -0.1) is 11.3 Å². The monoisotopic (exact) mass is 253 g/mol. The Morgan fingerprint density at radius 2 is 2.18 bits per heavy atom. The number of aromatic nitrogens is 1. The first-order valence-corrected chi connectivity index (χ1v) is 6.86. The first-order chi connectivity index (χ1) is 8.15. The SMILES string of the molecule is CC1CCC(c2nc(C3CC3)c(C(=O)O)s2)O1. The van der Waals surface area contributed by atoms with Gasteiger partial charge in [0.05, 0.1) is 11.8 Å². The lowest BCUT2D eigenvalue weighted by Gasteiger charge is -2.06. The van der Waals surface area contributed by atoms with E-state index in [4.69, 9.17) is 4.74 Å². The second-order valence-electron chi connectivity index (χ2n) is 4.86. The summed E-state index contributed by atoms with van der Waals surface area (Å²) in [5.41, 5.74) is 0.792. The van der Waals surface area contributed by atoms with Crippen LogP contribution in [0.3, 0.4) is 0 Å². The molecule has 0 amide bonds. The van der Waals surface area contributed by atoms with E-state index in [0.29, 0.717) is 10.8 Å². The first-order valence-electron chi connectivity index (χ1n) is 6.04.